The molecular formula is C15H18ClNO4. The van der Waals surface area contributed by atoms with E-state index in [0.717, 1.165) is 6.42 Å². The van der Waals surface area contributed by atoms with Crippen LogP contribution >= 0.6 is 0 Å². The fourth-order valence-corrected chi connectivity index (χ4v) is 3.07. The van der Waals surface area contributed by atoms with E-state index in [-0.39, 0.29) is 0 Å². The average molecular weight is 312 g/mol. The van der Waals surface area contributed by atoms with Crippen LogP contribution in [0.2, 0.25) is 0 Å². The summed E-state index contributed by atoms with van der Waals surface area (Å²) in [4.78, 5) is 0. The van der Waals surface area contributed by atoms with Crippen molar-refractivity contribution in [1.29, 1.82) is 0 Å². The fraction of sp³-hybridized carbons (Fsp3) is 0.400. The lowest BCUT2D eigenvalue weighted by atomic mass is 9.98. The van der Waals surface area contributed by atoms with Gasteiger partial charge in [-0.25, -0.2) is 18.6 Å². The van der Waals surface area contributed by atoms with Crippen molar-refractivity contribution in [3.05, 3.63) is 41.1 Å². The molecule has 21 heavy (non-hydrogen) atoms. The van der Waals surface area contributed by atoms with Gasteiger partial charge in [0.25, 0.3) is 0 Å². The fourth-order valence-electron chi connectivity index (χ4n) is 3.07. The Morgan fingerprint density at radius 1 is 1.19 bits per heavy atom. The zero-order valence-corrected chi connectivity index (χ0v) is 12.9. The molecule has 2 aromatic rings. The Morgan fingerprint density at radius 3 is 2.48 bits per heavy atom. The Labute approximate surface area is 125 Å². The molecule has 0 aliphatic carbocycles. The Hall–Kier alpha value is -1.24. The molecule has 0 fully saturated rings. The largest absolute Gasteiger partial charge is 0.222 e. The molecule has 0 unspecified atom stereocenters. The van der Waals surface area contributed by atoms with Crippen LogP contribution in [0.15, 0.2) is 24.3 Å². The van der Waals surface area contributed by atoms with E-state index in [2.05, 4.69) is 42.7 Å². The van der Waals surface area contributed by atoms with Gasteiger partial charge in [0, 0.05) is 29.4 Å². The van der Waals surface area contributed by atoms with Crippen molar-refractivity contribution >= 4 is 10.9 Å². The third-order valence-corrected chi connectivity index (χ3v) is 3.74. The highest BCUT2D eigenvalue weighted by molar-refractivity contribution is 5.80. The lowest BCUT2D eigenvalue weighted by Crippen LogP contribution is -2.68. The summed E-state index contributed by atoms with van der Waals surface area (Å²) < 4.78 is 36.5. The number of halogens is 1. The zero-order valence-electron chi connectivity index (χ0n) is 12.1. The average Bonchev–Trinajstić information content (AvgIpc) is 2.37. The highest BCUT2D eigenvalue weighted by Crippen LogP contribution is 2.23. The van der Waals surface area contributed by atoms with Crippen molar-refractivity contribution in [3.63, 3.8) is 0 Å². The van der Waals surface area contributed by atoms with Gasteiger partial charge in [0.15, 0.2) is 5.69 Å². The minimum atomic E-state index is -4.94. The summed E-state index contributed by atoms with van der Waals surface area (Å²) >= 11 is 0. The summed E-state index contributed by atoms with van der Waals surface area (Å²) in [6.45, 7) is 5.69. The number of nitrogens with zero attached hydrogens (tertiary/aromatic N) is 1. The molecule has 1 aromatic carbocycles. The van der Waals surface area contributed by atoms with Gasteiger partial charge in [-0.2, -0.15) is 4.57 Å². The van der Waals surface area contributed by atoms with Crippen LogP contribution in [-0.2, 0) is 19.4 Å². The molecule has 3 rings (SSSR count). The van der Waals surface area contributed by atoms with Crippen molar-refractivity contribution in [2.45, 2.75) is 39.7 Å². The first-order valence-corrected chi connectivity index (χ1v) is 8.10. The van der Waals surface area contributed by atoms with Crippen molar-refractivity contribution < 1.29 is 33.4 Å². The number of pyridine rings is 1. The summed E-state index contributed by atoms with van der Waals surface area (Å²) in [6, 6.07) is 9.07. The lowest BCUT2D eigenvalue weighted by Gasteiger charge is -2.17. The van der Waals surface area contributed by atoms with E-state index in [1.54, 1.807) is 0 Å². The first-order valence-electron chi connectivity index (χ1n) is 6.87. The maximum atomic E-state index is 8.49. The van der Waals surface area contributed by atoms with E-state index in [1.165, 1.54) is 47.1 Å². The van der Waals surface area contributed by atoms with Crippen LogP contribution in [0, 0.1) is 17.2 Å². The monoisotopic (exact) mass is 311 g/mol. The molecule has 0 saturated heterocycles. The molecule has 2 heterocycles. The summed E-state index contributed by atoms with van der Waals surface area (Å²) in [5.41, 5.74) is 5.96. The zero-order chi connectivity index (χ0) is 15.6. The first-order chi connectivity index (χ1) is 9.81. The summed E-state index contributed by atoms with van der Waals surface area (Å²) in [6.07, 6.45) is 3.66. The van der Waals surface area contributed by atoms with E-state index in [9.17, 15) is 0 Å². The SMILES string of the molecule is CCc1c(C)cc2cccc3c2[n+]1CCC3.[O-][Cl+3]([O-])([O-])[O-]. The molecular weight excluding hydrogens is 294 g/mol. The van der Waals surface area contributed by atoms with E-state index in [0.29, 0.717) is 0 Å². The topological polar surface area (TPSA) is 96.1 Å². The Morgan fingerprint density at radius 2 is 1.86 bits per heavy atom. The Kier molecular flexibility index (Phi) is 4.81. The highest BCUT2D eigenvalue weighted by Gasteiger charge is 2.23. The molecule has 1 aliphatic rings. The molecule has 0 radical (unpaired) electrons. The van der Waals surface area contributed by atoms with E-state index >= 15 is 0 Å². The normalized spacial score (nSPS) is 13.8. The predicted octanol–water partition coefficient (Wildman–Crippen LogP) is -1.81. The van der Waals surface area contributed by atoms with Gasteiger partial charge >= 0.3 is 0 Å². The van der Waals surface area contributed by atoms with Crippen molar-refractivity contribution in [3.8, 4) is 0 Å². The van der Waals surface area contributed by atoms with Crippen molar-refractivity contribution in [1.82, 2.24) is 0 Å². The summed E-state index contributed by atoms with van der Waals surface area (Å²) in [5, 5.41) is 1.41. The van der Waals surface area contributed by atoms with E-state index in [1.807, 2.05) is 0 Å². The molecule has 0 bridgehead atoms. The molecule has 114 valence electrons. The maximum Gasteiger partial charge on any atom is 0.215 e. The van der Waals surface area contributed by atoms with Crippen LogP contribution in [0.3, 0.4) is 0 Å². The minimum Gasteiger partial charge on any atom is -0.222 e. The van der Waals surface area contributed by atoms with Gasteiger partial charge in [0.1, 0.15) is 6.54 Å². The van der Waals surface area contributed by atoms with Crippen LogP contribution < -0.4 is 23.2 Å². The van der Waals surface area contributed by atoms with Crippen LogP contribution in [0.25, 0.3) is 10.9 Å². The third kappa shape index (κ3) is 3.90. The van der Waals surface area contributed by atoms with Crippen molar-refractivity contribution in [2.24, 2.45) is 0 Å². The second-order valence-corrected chi connectivity index (χ2v) is 5.87. The van der Waals surface area contributed by atoms with Crippen LogP contribution in [0.5, 0.6) is 0 Å². The highest BCUT2D eigenvalue weighted by atomic mass is 35.7. The quantitative estimate of drug-likeness (QED) is 0.580. The number of rotatable bonds is 1. The molecule has 0 N–H and O–H groups in total. The molecule has 0 saturated carbocycles. The number of hydrogen-bond donors (Lipinski definition) is 0. The molecule has 0 atom stereocenters. The molecule has 1 aliphatic heterocycles. The smallest absolute Gasteiger partial charge is 0.215 e. The Bertz CT molecular complexity index is 646. The second kappa shape index (κ2) is 6.25. The van der Waals surface area contributed by atoms with E-state index < -0.39 is 10.2 Å². The van der Waals surface area contributed by atoms with E-state index in [4.69, 9.17) is 18.6 Å². The molecule has 5 nitrogen and oxygen atoms in total. The molecule has 0 amide bonds. The van der Waals surface area contributed by atoms with Gasteiger partial charge in [0.05, 0.1) is 0 Å². The number of aromatic nitrogens is 1. The Balaban J connectivity index is 0.000000282. The van der Waals surface area contributed by atoms with Gasteiger partial charge in [-0.05, 0) is 25.5 Å². The van der Waals surface area contributed by atoms with Crippen LogP contribution in [0.4, 0.5) is 0 Å². The maximum absolute atomic E-state index is 8.49. The number of benzene rings is 1. The van der Waals surface area contributed by atoms with Crippen molar-refractivity contribution in [2.75, 3.05) is 0 Å². The number of hydrogen-bond acceptors (Lipinski definition) is 4. The number of aryl methyl sites for hydroxylation is 3. The molecule has 0 spiro atoms. The lowest BCUT2D eigenvalue weighted by molar-refractivity contribution is -2.00. The van der Waals surface area contributed by atoms with Gasteiger partial charge in [0.2, 0.25) is 5.52 Å². The summed E-state index contributed by atoms with van der Waals surface area (Å²) in [7, 11) is -4.94. The van der Waals surface area contributed by atoms with Crippen LogP contribution in [0.1, 0.15) is 30.2 Å². The van der Waals surface area contributed by atoms with Gasteiger partial charge < -0.3 is 0 Å². The third-order valence-electron chi connectivity index (χ3n) is 3.74. The predicted molar refractivity (Wildman–Crippen MR) is 66.6 cm³/mol. The van der Waals surface area contributed by atoms with Gasteiger partial charge in [-0.3, -0.25) is 0 Å². The van der Waals surface area contributed by atoms with Gasteiger partial charge in [-0.1, -0.05) is 19.1 Å². The molecule has 6 heteroatoms. The summed E-state index contributed by atoms with van der Waals surface area (Å²) in [5.74, 6) is 0. The first kappa shape index (κ1) is 16.1. The second-order valence-electron chi connectivity index (χ2n) is 5.12. The van der Waals surface area contributed by atoms with Gasteiger partial charge in [-0.15, -0.1) is 10.2 Å². The number of para-hydroxylation sites is 1. The molecule has 1 aromatic heterocycles. The van der Waals surface area contributed by atoms with Crippen LogP contribution in [-0.4, -0.2) is 0 Å². The standard InChI is InChI=1S/C15H18N.ClHO4/c1-3-14-11(2)10-13-7-4-6-12-8-5-9-16(14)15(12)13;2-1(3,4)5/h4,6-7,10H,3,5,8-9H2,1-2H3;(H,2,3,4,5)/q+1;/p-1. The minimum absolute atomic E-state index is 1.14.